The molecule has 0 spiro atoms. The molecule has 9 aromatic carbocycles. The molecule has 0 radical (unpaired) electrons. The summed E-state index contributed by atoms with van der Waals surface area (Å²) in [5, 5.41) is 14.5. The largest absolute Gasteiger partial charge is 0.309 e. The molecule has 0 bridgehead atoms. The highest BCUT2D eigenvalue weighted by Crippen LogP contribution is 2.52. The molecule has 11 aromatic rings. The van der Waals surface area contributed by atoms with E-state index < -0.39 is 0 Å². The summed E-state index contributed by atoms with van der Waals surface area (Å²) in [6, 6.07) is 74.9. The van der Waals surface area contributed by atoms with Crippen LogP contribution in [0.15, 0.2) is 206 Å². The average Bonchev–Trinajstić information content (AvgIpc) is 3.85. The van der Waals surface area contributed by atoms with Crippen molar-refractivity contribution in [2.45, 2.75) is 0 Å². The van der Waals surface area contributed by atoms with Gasteiger partial charge in [0.25, 0.3) is 0 Å². The van der Waals surface area contributed by atoms with E-state index in [0.717, 1.165) is 56.0 Å². The van der Waals surface area contributed by atoms with Crippen molar-refractivity contribution >= 4 is 32.6 Å². The van der Waals surface area contributed by atoms with E-state index in [-0.39, 0.29) is 0 Å². The molecule has 0 aliphatic heterocycles. The summed E-state index contributed by atoms with van der Waals surface area (Å²) in [7, 11) is 0. The van der Waals surface area contributed by atoms with Gasteiger partial charge in [0.1, 0.15) is 0 Å². The molecule has 282 valence electrons. The number of para-hydroxylation sites is 2. The molecule has 2 heterocycles. The monoisotopic (exact) mass is 774 g/mol. The quantitative estimate of drug-likeness (QED) is 0.169. The fourth-order valence-corrected chi connectivity index (χ4v) is 9.36. The highest BCUT2D eigenvalue weighted by molar-refractivity contribution is 6.22. The van der Waals surface area contributed by atoms with Gasteiger partial charge in [-0.2, -0.15) is 5.26 Å². The Kier molecular flexibility index (Phi) is 7.88. The lowest BCUT2D eigenvalue weighted by atomic mass is 9.88. The first-order valence-electron chi connectivity index (χ1n) is 20.5. The predicted molar refractivity (Wildman–Crippen MR) is 250 cm³/mol. The Morgan fingerprint density at radius 3 is 1.38 bits per heavy atom. The molecule has 0 saturated carbocycles. The summed E-state index contributed by atoms with van der Waals surface area (Å²) in [4.78, 5) is 10.4. The highest BCUT2D eigenvalue weighted by atomic mass is 15.0. The third-order valence-electron chi connectivity index (χ3n) is 12.2. The van der Waals surface area contributed by atoms with Crippen LogP contribution in [0.3, 0.4) is 0 Å². The number of benzene rings is 9. The van der Waals surface area contributed by atoms with E-state index in [1.165, 1.54) is 54.8 Å². The number of fused-ring (bicyclic) bond motifs is 6. The fraction of sp³-hybridized carbons (Fsp3) is 0. The van der Waals surface area contributed by atoms with Gasteiger partial charge in [-0.3, -0.25) is 0 Å². The third-order valence-corrected chi connectivity index (χ3v) is 12.2. The SMILES string of the molecule is N#Cc1ccc(-c2ccc3c4c(ccc(-c5ccc(-c6cc(-c7ccccc7)nc(-c7ccc(-n8c9ccccc9c9ccccc98)cc7)n6)cc5)c24)-c2ccccc2-3)cc1. The van der Waals surface area contributed by atoms with Crippen LogP contribution >= 0.6 is 0 Å². The van der Waals surface area contributed by atoms with E-state index >= 15 is 0 Å². The molecule has 0 amide bonds. The number of nitrogens with zero attached hydrogens (tertiary/aromatic N) is 4. The number of rotatable bonds is 6. The molecule has 0 fully saturated rings. The van der Waals surface area contributed by atoms with Gasteiger partial charge in [-0.05, 0) is 110 Å². The zero-order chi connectivity index (χ0) is 40.4. The predicted octanol–water partition coefficient (Wildman–Crippen LogP) is 14.6. The normalized spacial score (nSPS) is 11.6. The van der Waals surface area contributed by atoms with E-state index in [0.29, 0.717) is 11.4 Å². The molecule has 0 atom stereocenters. The molecular formula is C57H34N4. The van der Waals surface area contributed by atoms with Crippen LogP contribution in [0.5, 0.6) is 0 Å². The Hall–Kier alpha value is -8.39. The number of aromatic nitrogens is 3. The summed E-state index contributed by atoms with van der Waals surface area (Å²) >= 11 is 0. The van der Waals surface area contributed by atoms with Crippen molar-refractivity contribution in [1.82, 2.24) is 14.5 Å². The zero-order valence-corrected chi connectivity index (χ0v) is 32.9. The van der Waals surface area contributed by atoms with E-state index in [1.807, 2.05) is 18.2 Å². The molecule has 0 N–H and O–H groups in total. The second kappa shape index (κ2) is 13.9. The van der Waals surface area contributed by atoms with Gasteiger partial charge in [-0.15, -0.1) is 0 Å². The minimum Gasteiger partial charge on any atom is -0.309 e. The van der Waals surface area contributed by atoms with E-state index in [9.17, 15) is 5.26 Å². The fourth-order valence-electron chi connectivity index (χ4n) is 9.36. The second-order valence-corrected chi connectivity index (χ2v) is 15.6. The Morgan fingerprint density at radius 2 is 0.803 bits per heavy atom. The van der Waals surface area contributed by atoms with Gasteiger partial charge < -0.3 is 4.57 Å². The van der Waals surface area contributed by atoms with Crippen LogP contribution in [-0.2, 0) is 0 Å². The smallest absolute Gasteiger partial charge is 0.160 e. The van der Waals surface area contributed by atoms with Gasteiger partial charge in [0.2, 0.25) is 0 Å². The molecule has 2 aromatic heterocycles. The van der Waals surface area contributed by atoms with Crippen molar-refractivity contribution in [2.75, 3.05) is 0 Å². The standard InChI is InChI=1S/C57H34N4/c58-35-36-18-20-37(21-19-36)43-30-32-49-45-12-4-5-13-46(45)50-33-31-44(55(43)56(49)50)38-22-24-40(25-23-38)52-34-51(39-10-2-1-3-11-39)59-57(60-52)41-26-28-42(29-27-41)61-53-16-8-6-14-47(53)48-15-7-9-17-54(48)61/h1-34H. The van der Waals surface area contributed by atoms with E-state index in [1.54, 1.807) is 0 Å². The van der Waals surface area contributed by atoms with Crippen LogP contribution in [0, 0.1) is 11.3 Å². The van der Waals surface area contributed by atoms with Crippen LogP contribution in [0.1, 0.15) is 5.56 Å². The number of hydrogen-bond donors (Lipinski definition) is 0. The van der Waals surface area contributed by atoms with Gasteiger partial charge in [-0.25, -0.2) is 9.97 Å². The summed E-state index contributed by atoms with van der Waals surface area (Å²) < 4.78 is 2.33. The van der Waals surface area contributed by atoms with Gasteiger partial charge >= 0.3 is 0 Å². The van der Waals surface area contributed by atoms with Crippen molar-refractivity contribution in [3.8, 4) is 90.2 Å². The van der Waals surface area contributed by atoms with E-state index in [2.05, 4.69) is 199 Å². The van der Waals surface area contributed by atoms with Crippen LogP contribution in [0.25, 0.3) is 117 Å². The molecule has 61 heavy (non-hydrogen) atoms. The third kappa shape index (κ3) is 5.60. The molecule has 12 rings (SSSR count). The Bertz CT molecular complexity index is 3470. The Labute approximate surface area is 352 Å². The minimum atomic E-state index is 0.651. The first-order valence-corrected chi connectivity index (χ1v) is 20.5. The lowest BCUT2D eigenvalue weighted by Gasteiger charge is -2.15. The van der Waals surface area contributed by atoms with Gasteiger partial charge in [0.05, 0.1) is 34.1 Å². The van der Waals surface area contributed by atoms with Crippen molar-refractivity contribution < 1.29 is 0 Å². The maximum absolute atomic E-state index is 9.54. The van der Waals surface area contributed by atoms with Crippen LogP contribution in [-0.4, -0.2) is 14.5 Å². The van der Waals surface area contributed by atoms with Gasteiger partial charge in [-0.1, -0.05) is 152 Å². The van der Waals surface area contributed by atoms with Crippen molar-refractivity contribution in [3.05, 3.63) is 212 Å². The van der Waals surface area contributed by atoms with E-state index in [4.69, 9.17) is 9.97 Å². The first-order chi connectivity index (χ1) is 30.2. The zero-order valence-electron chi connectivity index (χ0n) is 32.9. The van der Waals surface area contributed by atoms with Gasteiger partial charge in [0.15, 0.2) is 5.82 Å². The van der Waals surface area contributed by atoms with Crippen LogP contribution in [0.2, 0.25) is 0 Å². The van der Waals surface area contributed by atoms with Crippen LogP contribution < -0.4 is 0 Å². The molecule has 0 unspecified atom stereocenters. The average molecular weight is 775 g/mol. The molecule has 4 heteroatoms. The summed E-state index contributed by atoms with van der Waals surface area (Å²) in [5.41, 5.74) is 18.4. The van der Waals surface area contributed by atoms with Crippen molar-refractivity contribution in [3.63, 3.8) is 0 Å². The Balaban J connectivity index is 0.966. The van der Waals surface area contributed by atoms with Crippen molar-refractivity contribution in [2.24, 2.45) is 0 Å². The van der Waals surface area contributed by atoms with Crippen LogP contribution in [0.4, 0.5) is 0 Å². The lowest BCUT2D eigenvalue weighted by Crippen LogP contribution is -1.97. The number of nitriles is 1. The minimum absolute atomic E-state index is 0.651. The molecule has 0 saturated heterocycles. The molecule has 1 aliphatic carbocycles. The second-order valence-electron chi connectivity index (χ2n) is 15.6. The highest BCUT2D eigenvalue weighted by Gasteiger charge is 2.25. The van der Waals surface area contributed by atoms with Crippen molar-refractivity contribution in [1.29, 1.82) is 5.26 Å². The Morgan fingerprint density at radius 1 is 0.361 bits per heavy atom. The molecular weight excluding hydrogens is 741 g/mol. The maximum atomic E-state index is 9.54. The summed E-state index contributed by atoms with van der Waals surface area (Å²) in [6.45, 7) is 0. The number of hydrogen-bond acceptors (Lipinski definition) is 3. The lowest BCUT2D eigenvalue weighted by molar-refractivity contribution is 1.16. The summed E-state index contributed by atoms with van der Waals surface area (Å²) in [5.74, 6) is 0.674. The first kappa shape index (κ1) is 34.6. The molecule has 4 nitrogen and oxygen atoms in total. The van der Waals surface area contributed by atoms with Gasteiger partial charge in [0, 0.05) is 33.2 Å². The topological polar surface area (TPSA) is 54.5 Å². The molecule has 1 aliphatic rings. The summed E-state index contributed by atoms with van der Waals surface area (Å²) in [6.07, 6.45) is 0. The maximum Gasteiger partial charge on any atom is 0.160 e.